The van der Waals surface area contributed by atoms with Crippen molar-refractivity contribution in [3.63, 3.8) is 0 Å². The summed E-state index contributed by atoms with van der Waals surface area (Å²) in [4.78, 5) is 7.37. The minimum atomic E-state index is 0.431. The van der Waals surface area contributed by atoms with Gasteiger partial charge in [-0.2, -0.15) is 0 Å². The lowest BCUT2D eigenvalue weighted by atomic mass is 10.0. The molecule has 1 aliphatic heterocycles. The van der Waals surface area contributed by atoms with Gasteiger partial charge in [0, 0.05) is 29.4 Å². The molecule has 0 radical (unpaired) electrons. The molecule has 1 atom stereocenters. The van der Waals surface area contributed by atoms with E-state index >= 15 is 0 Å². The third kappa shape index (κ3) is 3.39. The summed E-state index contributed by atoms with van der Waals surface area (Å²) < 4.78 is 11.0. The second-order valence-corrected chi connectivity index (χ2v) is 7.11. The fourth-order valence-electron chi connectivity index (χ4n) is 4.04. The highest BCUT2D eigenvalue weighted by Crippen LogP contribution is 2.38. The van der Waals surface area contributed by atoms with Crippen LogP contribution < -0.4 is 14.8 Å². The first-order valence-electron chi connectivity index (χ1n) is 9.66. The van der Waals surface area contributed by atoms with Gasteiger partial charge in [0.25, 0.3) is 0 Å². The summed E-state index contributed by atoms with van der Waals surface area (Å²) in [7, 11) is 3.33. The molecule has 142 valence electrons. The number of benzene rings is 2. The average Bonchev–Trinajstić information content (AvgIpc) is 2.72. The summed E-state index contributed by atoms with van der Waals surface area (Å²) in [5.41, 5.74) is 3.04. The van der Waals surface area contributed by atoms with E-state index in [4.69, 9.17) is 14.5 Å². The molecule has 1 fully saturated rings. The molecule has 1 saturated heterocycles. The van der Waals surface area contributed by atoms with Crippen molar-refractivity contribution in [2.75, 3.05) is 39.2 Å². The van der Waals surface area contributed by atoms with Gasteiger partial charge in [0.15, 0.2) is 11.5 Å². The molecule has 1 aromatic heterocycles. The maximum Gasteiger partial charge on any atom is 0.162 e. The summed E-state index contributed by atoms with van der Waals surface area (Å²) >= 11 is 0. The number of likely N-dealkylation sites (tertiary alicyclic amines) is 1. The number of hydrogen-bond donors (Lipinski definition) is 1. The predicted octanol–water partition coefficient (Wildman–Crippen LogP) is 4.30. The number of fused-ring (bicyclic) bond motifs is 2. The van der Waals surface area contributed by atoms with Crippen LogP contribution >= 0.6 is 0 Å². The van der Waals surface area contributed by atoms with Crippen molar-refractivity contribution in [2.24, 2.45) is 0 Å². The van der Waals surface area contributed by atoms with Crippen LogP contribution in [0, 0.1) is 0 Å². The van der Waals surface area contributed by atoms with Crippen LogP contribution in [0.3, 0.4) is 0 Å². The van der Waals surface area contributed by atoms with Crippen molar-refractivity contribution < 1.29 is 9.47 Å². The Kier molecular flexibility index (Phi) is 5.03. The van der Waals surface area contributed by atoms with Crippen LogP contribution in [-0.4, -0.2) is 49.8 Å². The molecule has 1 aliphatic rings. The zero-order chi connectivity index (χ0) is 18.8. The molecule has 27 heavy (non-hydrogen) atoms. The monoisotopic (exact) mass is 365 g/mol. The Morgan fingerprint density at radius 1 is 1.07 bits per heavy atom. The molecule has 5 heteroatoms. The molecule has 1 N–H and O–H groups in total. The molecule has 4 rings (SSSR count). The Morgan fingerprint density at radius 2 is 1.85 bits per heavy atom. The fraction of sp³-hybridized carbons (Fsp3) is 0.409. The highest BCUT2D eigenvalue weighted by Gasteiger charge is 2.21. The Morgan fingerprint density at radius 3 is 2.63 bits per heavy atom. The fourth-order valence-corrected chi connectivity index (χ4v) is 4.04. The topological polar surface area (TPSA) is 46.6 Å². The third-order valence-electron chi connectivity index (χ3n) is 5.49. The number of ether oxygens (including phenoxy) is 2. The minimum absolute atomic E-state index is 0.431. The van der Waals surface area contributed by atoms with Crippen molar-refractivity contribution in [3.8, 4) is 11.5 Å². The van der Waals surface area contributed by atoms with Crippen LogP contribution in [-0.2, 0) is 0 Å². The molecular weight excluding hydrogens is 338 g/mol. The van der Waals surface area contributed by atoms with Crippen LogP contribution in [0.15, 0.2) is 36.4 Å². The van der Waals surface area contributed by atoms with Crippen LogP contribution in [0.25, 0.3) is 21.8 Å². The molecule has 0 unspecified atom stereocenters. The molecule has 0 aliphatic carbocycles. The van der Waals surface area contributed by atoms with Gasteiger partial charge in [-0.15, -0.1) is 0 Å². The summed E-state index contributed by atoms with van der Waals surface area (Å²) in [5.74, 6) is 1.43. The summed E-state index contributed by atoms with van der Waals surface area (Å²) in [6.07, 6.45) is 2.41. The molecule has 3 aromatic rings. The zero-order valence-corrected chi connectivity index (χ0v) is 16.3. The number of aromatic nitrogens is 1. The van der Waals surface area contributed by atoms with E-state index in [9.17, 15) is 0 Å². The van der Waals surface area contributed by atoms with Crippen LogP contribution in [0.1, 0.15) is 19.8 Å². The van der Waals surface area contributed by atoms with E-state index in [0.717, 1.165) is 46.3 Å². The van der Waals surface area contributed by atoms with E-state index in [-0.39, 0.29) is 0 Å². The van der Waals surface area contributed by atoms with E-state index in [2.05, 4.69) is 35.3 Å². The van der Waals surface area contributed by atoms with Gasteiger partial charge in [-0.1, -0.05) is 25.1 Å². The number of rotatable bonds is 5. The van der Waals surface area contributed by atoms with Crippen molar-refractivity contribution in [2.45, 2.75) is 25.8 Å². The lowest BCUT2D eigenvalue weighted by Gasteiger charge is -2.33. The van der Waals surface area contributed by atoms with Crippen molar-refractivity contribution in [3.05, 3.63) is 36.4 Å². The predicted molar refractivity (Wildman–Crippen MR) is 111 cm³/mol. The minimum Gasteiger partial charge on any atom is -0.493 e. The van der Waals surface area contributed by atoms with E-state index in [1.165, 1.54) is 19.4 Å². The standard InChI is InChI=1S/C22H27N3O2/c1-4-25-11-7-8-15(14-25)23-22-16-9-5-6-10-18(16)24-19-13-21(27-3)20(26-2)12-17(19)22/h5-6,9-10,12-13,15H,4,7-8,11,14H2,1-3H3,(H,23,24)/t15-/m1/s1. The van der Waals surface area contributed by atoms with Gasteiger partial charge in [-0.05, 0) is 38.1 Å². The molecule has 0 bridgehead atoms. The van der Waals surface area contributed by atoms with Crippen LogP contribution in [0.2, 0.25) is 0 Å². The van der Waals surface area contributed by atoms with E-state index in [1.807, 2.05) is 18.2 Å². The Labute approximate surface area is 160 Å². The lowest BCUT2D eigenvalue weighted by molar-refractivity contribution is 0.227. The van der Waals surface area contributed by atoms with Gasteiger partial charge in [0.1, 0.15) is 0 Å². The average molecular weight is 365 g/mol. The second-order valence-electron chi connectivity index (χ2n) is 7.11. The number of nitrogens with one attached hydrogen (secondary N) is 1. The van der Waals surface area contributed by atoms with Crippen molar-refractivity contribution >= 4 is 27.5 Å². The largest absolute Gasteiger partial charge is 0.493 e. The summed E-state index contributed by atoms with van der Waals surface area (Å²) in [6, 6.07) is 12.7. The van der Waals surface area contributed by atoms with E-state index in [0.29, 0.717) is 11.8 Å². The summed E-state index contributed by atoms with van der Waals surface area (Å²) in [5, 5.41) is 6.06. The first-order valence-corrected chi connectivity index (χ1v) is 9.66. The third-order valence-corrected chi connectivity index (χ3v) is 5.49. The molecule has 0 saturated carbocycles. The number of methoxy groups -OCH3 is 2. The number of para-hydroxylation sites is 1. The normalized spacial score (nSPS) is 18.0. The van der Waals surface area contributed by atoms with Gasteiger partial charge >= 0.3 is 0 Å². The second kappa shape index (κ2) is 7.61. The Balaban J connectivity index is 1.86. The highest BCUT2D eigenvalue weighted by molar-refractivity contribution is 6.08. The van der Waals surface area contributed by atoms with Crippen LogP contribution in [0.5, 0.6) is 11.5 Å². The van der Waals surface area contributed by atoms with Gasteiger partial charge in [0.2, 0.25) is 0 Å². The van der Waals surface area contributed by atoms with E-state index < -0.39 is 0 Å². The molecule has 2 heterocycles. The Hall–Kier alpha value is -2.53. The molecular formula is C22H27N3O2. The maximum absolute atomic E-state index is 5.55. The highest BCUT2D eigenvalue weighted by atomic mass is 16.5. The molecule has 5 nitrogen and oxygen atoms in total. The first kappa shape index (κ1) is 17.9. The van der Waals surface area contributed by atoms with Gasteiger partial charge in [0.05, 0.1) is 30.9 Å². The van der Waals surface area contributed by atoms with Crippen molar-refractivity contribution in [1.29, 1.82) is 0 Å². The maximum atomic E-state index is 5.55. The Bertz CT molecular complexity index is 957. The van der Waals surface area contributed by atoms with Gasteiger partial charge in [-0.25, -0.2) is 4.98 Å². The molecule has 0 spiro atoms. The number of piperidine rings is 1. The number of pyridine rings is 1. The van der Waals surface area contributed by atoms with E-state index in [1.54, 1.807) is 14.2 Å². The SMILES string of the molecule is CCN1CCC[C@@H](Nc2c3ccccc3nc3cc(OC)c(OC)cc23)C1. The van der Waals surface area contributed by atoms with Crippen molar-refractivity contribution in [1.82, 2.24) is 9.88 Å². The summed E-state index contributed by atoms with van der Waals surface area (Å²) in [6.45, 7) is 5.59. The number of nitrogens with zero attached hydrogens (tertiary/aromatic N) is 2. The smallest absolute Gasteiger partial charge is 0.162 e. The number of hydrogen-bond acceptors (Lipinski definition) is 5. The van der Waals surface area contributed by atoms with Crippen LogP contribution in [0.4, 0.5) is 5.69 Å². The molecule has 0 amide bonds. The quantitative estimate of drug-likeness (QED) is 0.683. The first-order chi connectivity index (χ1) is 13.2. The number of anilines is 1. The number of likely N-dealkylation sites (N-methyl/N-ethyl adjacent to an activating group) is 1. The zero-order valence-electron chi connectivity index (χ0n) is 16.3. The van der Waals surface area contributed by atoms with Gasteiger partial charge in [-0.3, -0.25) is 0 Å². The van der Waals surface area contributed by atoms with Gasteiger partial charge < -0.3 is 19.7 Å². The molecule has 2 aromatic carbocycles. The lowest BCUT2D eigenvalue weighted by Crippen LogP contribution is -2.41.